The number of alkyl halides is 1. The Balaban J connectivity index is 2.71. The maximum Gasteiger partial charge on any atom is 0.0302 e. The molecule has 0 aliphatic heterocycles. The minimum absolute atomic E-state index is 0.539. The van der Waals surface area contributed by atoms with Crippen LogP contribution in [0.2, 0.25) is 0 Å². The number of hydrogen-bond donors (Lipinski definition) is 0. The molecule has 1 rings (SSSR count). The maximum atomic E-state index is 5.86. The van der Waals surface area contributed by atoms with Gasteiger partial charge in [-0.05, 0) is 17.4 Å². The van der Waals surface area contributed by atoms with E-state index in [0.717, 1.165) is 5.88 Å². The van der Waals surface area contributed by atoms with E-state index in [0.29, 0.717) is 11.8 Å². The zero-order valence-corrected chi connectivity index (χ0v) is 8.45. The zero-order chi connectivity index (χ0) is 8.27. The topological polar surface area (TPSA) is 0 Å². The molecule has 62 valence electrons. The van der Waals surface area contributed by atoms with Crippen LogP contribution in [0.15, 0.2) is 17.5 Å². The summed E-state index contributed by atoms with van der Waals surface area (Å²) in [5.41, 5.74) is 0. The summed E-state index contributed by atoms with van der Waals surface area (Å²) < 4.78 is 0. The fourth-order valence-corrected chi connectivity index (χ4v) is 2.70. The molecule has 0 fully saturated rings. The highest BCUT2D eigenvalue weighted by atomic mass is 35.5. The van der Waals surface area contributed by atoms with Crippen molar-refractivity contribution in [1.82, 2.24) is 0 Å². The Kier molecular flexibility index (Phi) is 3.41. The van der Waals surface area contributed by atoms with E-state index in [1.807, 2.05) is 0 Å². The maximum absolute atomic E-state index is 5.86. The lowest BCUT2D eigenvalue weighted by Gasteiger charge is -2.15. The second kappa shape index (κ2) is 4.13. The van der Waals surface area contributed by atoms with Gasteiger partial charge in [-0.1, -0.05) is 19.9 Å². The Morgan fingerprint density at radius 3 is 2.64 bits per heavy atom. The largest absolute Gasteiger partial charge is 0.149 e. The average molecular weight is 189 g/mol. The molecular weight excluding hydrogens is 176 g/mol. The molecule has 0 saturated carbocycles. The summed E-state index contributed by atoms with van der Waals surface area (Å²) in [4.78, 5) is 1.41. The van der Waals surface area contributed by atoms with Crippen molar-refractivity contribution < 1.29 is 0 Å². The highest BCUT2D eigenvalue weighted by molar-refractivity contribution is 7.10. The lowest BCUT2D eigenvalue weighted by atomic mass is 9.96. The van der Waals surface area contributed by atoms with Crippen molar-refractivity contribution in [3.8, 4) is 0 Å². The molecule has 0 saturated heterocycles. The molecule has 0 aliphatic carbocycles. The summed E-state index contributed by atoms with van der Waals surface area (Å²) in [6, 6.07) is 4.25. The van der Waals surface area contributed by atoms with E-state index >= 15 is 0 Å². The Morgan fingerprint density at radius 2 is 2.27 bits per heavy atom. The Labute approximate surface area is 77.2 Å². The van der Waals surface area contributed by atoms with E-state index in [-0.39, 0.29) is 0 Å². The van der Waals surface area contributed by atoms with Crippen LogP contribution in [0, 0.1) is 5.92 Å². The molecule has 1 aromatic rings. The molecule has 0 bridgehead atoms. The van der Waals surface area contributed by atoms with Gasteiger partial charge in [-0.3, -0.25) is 0 Å². The van der Waals surface area contributed by atoms with Crippen LogP contribution in [0.5, 0.6) is 0 Å². The van der Waals surface area contributed by atoms with Crippen molar-refractivity contribution in [1.29, 1.82) is 0 Å². The van der Waals surface area contributed by atoms with Gasteiger partial charge in [0.1, 0.15) is 0 Å². The molecule has 1 heterocycles. The van der Waals surface area contributed by atoms with E-state index in [1.54, 1.807) is 11.3 Å². The van der Waals surface area contributed by atoms with Crippen molar-refractivity contribution in [3.05, 3.63) is 22.4 Å². The van der Waals surface area contributed by atoms with E-state index in [4.69, 9.17) is 11.6 Å². The van der Waals surface area contributed by atoms with Gasteiger partial charge in [-0.15, -0.1) is 22.9 Å². The SMILES string of the molecule is CC(C)C(CCl)c1cccs1. The minimum Gasteiger partial charge on any atom is -0.149 e. The standard InChI is InChI=1S/C9H13ClS/c1-7(2)8(6-10)9-4-3-5-11-9/h3-5,7-8H,6H2,1-2H3. The van der Waals surface area contributed by atoms with E-state index in [9.17, 15) is 0 Å². The quantitative estimate of drug-likeness (QED) is 0.635. The molecule has 1 aromatic heterocycles. The molecular formula is C9H13ClS. The van der Waals surface area contributed by atoms with Crippen molar-refractivity contribution in [2.45, 2.75) is 19.8 Å². The molecule has 0 N–H and O–H groups in total. The van der Waals surface area contributed by atoms with Gasteiger partial charge in [-0.2, -0.15) is 0 Å². The van der Waals surface area contributed by atoms with Gasteiger partial charge in [-0.25, -0.2) is 0 Å². The third-order valence-electron chi connectivity index (χ3n) is 1.88. The predicted octanol–water partition coefficient (Wildman–Crippen LogP) is 3.73. The first-order valence-electron chi connectivity index (χ1n) is 3.85. The van der Waals surface area contributed by atoms with Crippen LogP contribution >= 0.6 is 22.9 Å². The predicted molar refractivity (Wildman–Crippen MR) is 52.6 cm³/mol. The van der Waals surface area contributed by atoms with Crippen LogP contribution < -0.4 is 0 Å². The molecule has 0 aliphatic rings. The Hall–Kier alpha value is -0.0100. The molecule has 0 nitrogen and oxygen atoms in total. The highest BCUT2D eigenvalue weighted by Crippen LogP contribution is 2.28. The summed E-state index contributed by atoms with van der Waals surface area (Å²) in [7, 11) is 0. The molecule has 0 amide bonds. The van der Waals surface area contributed by atoms with Gasteiger partial charge in [0.05, 0.1) is 0 Å². The van der Waals surface area contributed by atoms with Crippen molar-refractivity contribution >= 4 is 22.9 Å². The van der Waals surface area contributed by atoms with Crippen LogP contribution in [0.25, 0.3) is 0 Å². The molecule has 0 spiro atoms. The highest BCUT2D eigenvalue weighted by Gasteiger charge is 2.14. The van der Waals surface area contributed by atoms with Crippen LogP contribution in [-0.4, -0.2) is 5.88 Å². The van der Waals surface area contributed by atoms with Crippen molar-refractivity contribution in [3.63, 3.8) is 0 Å². The molecule has 0 radical (unpaired) electrons. The average Bonchev–Trinajstić information content (AvgIpc) is 2.40. The zero-order valence-electron chi connectivity index (χ0n) is 6.88. The first kappa shape index (κ1) is 9.08. The summed E-state index contributed by atoms with van der Waals surface area (Å²) in [5, 5.41) is 2.11. The van der Waals surface area contributed by atoms with Crippen LogP contribution in [0.4, 0.5) is 0 Å². The molecule has 0 aromatic carbocycles. The van der Waals surface area contributed by atoms with Crippen LogP contribution in [-0.2, 0) is 0 Å². The van der Waals surface area contributed by atoms with E-state index in [1.165, 1.54) is 4.88 Å². The molecule has 11 heavy (non-hydrogen) atoms. The lowest BCUT2D eigenvalue weighted by molar-refractivity contribution is 0.547. The summed E-state index contributed by atoms with van der Waals surface area (Å²) in [6.07, 6.45) is 0. The van der Waals surface area contributed by atoms with Crippen molar-refractivity contribution in [2.24, 2.45) is 5.92 Å². The van der Waals surface area contributed by atoms with Gasteiger partial charge in [0.25, 0.3) is 0 Å². The first-order valence-corrected chi connectivity index (χ1v) is 5.26. The van der Waals surface area contributed by atoms with Gasteiger partial charge in [0.2, 0.25) is 0 Å². The molecule has 2 heteroatoms. The second-order valence-electron chi connectivity index (χ2n) is 3.02. The number of hydrogen-bond acceptors (Lipinski definition) is 1. The fraction of sp³-hybridized carbons (Fsp3) is 0.556. The number of halogens is 1. The Morgan fingerprint density at radius 1 is 1.55 bits per heavy atom. The van der Waals surface area contributed by atoms with Crippen LogP contribution in [0.3, 0.4) is 0 Å². The Bertz CT molecular complexity index is 191. The molecule has 1 atom stereocenters. The van der Waals surface area contributed by atoms with E-state index < -0.39 is 0 Å². The number of thiophene rings is 1. The third-order valence-corrected chi connectivity index (χ3v) is 3.22. The van der Waals surface area contributed by atoms with Crippen molar-refractivity contribution in [2.75, 3.05) is 5.88 Å². The summed E-state index contributed by atoms with van der Waals surface area (Å²) in [5.74, 6) is 1.92. The van der Waals surface area contributed by atoms with Gasteiger partial charge >= 0.3 is 0 Å². The summed E-state index contributed by atoms with van der Waals surface area (Å²) in [6.45, 7) is 4.43. The normalized spacial score (nSPS) is 13.8. The smallest absolute Gasteiger partial charge is 0.0302 e. The van der Waals surface area contributed by atoms with Gasteiger partial charge in [0.15, 0.2) is 0 Å². The van der Waals surface area contributed by atoms with Gasteiger partial charge in [0, 0.05) is 16.7 Å². The van der Waals surface area contributed by atoms with E-state index in [2.05, 4.69) is 31.4 Å². The third kappa shape index (κ3) is 2.21. The monoisotopic (exact) mass is 188 g/mol. The van der Waals surface area contributed by atoms with Gasteiger partial charge < -0.3 is 0 Å². The number of rotatable bonds is 3. The first-order chi connectivity index (χ1) is 5.25. The van der Waals surface area contributed by atoms with Crippen LogP contribution in [0.1, 0.15) is 24.6 Å². The lowest BCUT2D eigenvalue weighted by Crippen LogP contribution is -2.05. The second-order valence-corrected chi connectivity index (χ2v) is 4.31. The minimum atomic E-state index is 0.539. The summed E-state index contributed by atoms with van der Waals surface area (Å²) >= 11 is 7.66. The fourth-order valence-electron chi connectivity index (χ4n) is 1.08. The molecule has 1 unspecified atom stereocenters.